The Morgan fingerprint density at radius 2 is 1.23 bits per heavy atom. The molecule has 3 heterocycles. The predicted molar refractivity (Wildman–Crippen MR) is 126 cm³/mol. The van der Waals surface area contributed by atoms with Crippen molar-refractivity contribution in [2.75, 3.05) is 0 Å². The van der Waals surface area contributed by atoms with E-state index < -0.39 is 0 Å². The van der Waals surface area contributed by atoms with Crippen LogP contribution in [0.15, 0.2) is 102 Å². The van der Waals surface area contributed by atoms with Crippen molar-refractivity contribution in [1.29, 1.82) is 0 Å². The Hall–Kier alpha value is -3.77. The second-order valence-electron chi connectivity index (χ2n) is 7.25. The molecule has 0 fully saturated rings. The minimum Gasteiger partial charge on any atom is -0.258 e. The van der Waals surface area contributed by atoms with Crippen molar-refractivity contribution in [2.24, 2.45) is 0 Å². The van der Waals surface area contributed by atoms with Gasteiger partial charge in [-0.15, -0.1) is 10.2 Å². The normalized spacial score (nSPS) is 11.4. The van der Waals surface area contributed by atoms with Crippen LogP contribution >= 0.6 is 15.9 Å². The molecule has 0 spiro atoms. The monoisotopic (exact) mass is 465 g/mol. The summed E-state index contributed by atoms with van der Waals surface area (Å²) in [6.07, 6.45) is 0. The molecule has 148 valence electrons. The molecule has 3 aromatic heterocycles. The fourth-order valence-corrected chi connectivity index (χ4v) is 4.59. The second-order valence-corrected chi connectivity index (χ2v) is 8.04. The number of aromatic nitrogens is 5. The molecular weight excluding hydrogens is 450 g/mol. The third kappa shape index (κ3) is 2.87. The molecule has 0 N–H and O–H groups in total. The van der Waals surface area contributed by atoms with Crippen molar-refractivity contribution >= 4 is 27.2 Å². The maximum atomic E-state index is 4.88. The summed E-state index contributed by atoms with van der Waals surface area (Å²) < 4.78 is 4.87. The van der Waals surface area contributed by atoms with Crippen LogP contribution in [-0.4, -0.2) is 24.2 Å². The van der Waals surface area contributed by atoms with Gasteiger partial charge in [-0.05, 0) is 27.6 Å². The topological polar surface area (TPSA) is 47.5 Å². The van der Waals surface area contributed by atoms with E-state index in [9.17, 15) is 0 Å². The highest BCUT2D eigenvalue weighted by Crippen LogP contribution is 2.36. The number of halogens is 1. The van der Waals surface area contributed by atoms with Crippen LogP contribution in [0.4, 0.5) is 0 Å². The molecule has 3 aromatic carbocycles. The van der Waals surface area contributed by atoms with Gasteiger partial charge >= 0.3 is 0 Å². The van der Waals surface area contributed by atoms with Gasteiger partial charge in [0.25, 0.3) is 5.78 Å². The average Bonchev–Trinajstić information content (AvgIpc) is 3.46. The third-order valence-corrected chi connectivity index (χ3v) is 6.13. The predicted octanol–water partition coefficient (Wildman–Crippen LogP) is 6.14. The Labute approximate surface area is 186 Å². The summed E-state index contributed by atoms with van der Waals surface area (Å²) in [5.74, 6) is 1.44. The van der Waals surface area contributed by atoms with E-state index in [0.29, 0.717) is 5.78 Å². The molecule has 6 heteroatoms. The molecule has 0 aliphatic carbocycles. The number of rotatable bonds is 3. The van der Waals surface area contributed by atoms with Gasteiger partial charge in [0.2, 0.25) is 0 Å². The maximum absolute atomic E-state index is 4.88. The summed E-state index contributed by atoms with van der Waals surface area (Å²) in [5.41, 5.74) is 5.94. The quantitative estimate of drug-likeness (QED) is 0.315. The van der Waals surface area contributed by atoms with Crippen LogP contribution in [0.25, 0.3) is 45.2 Å². The summed E-state index contributed by atoms with van der Waals surface area (Å²) >= 11 is 3.88. The lowest BCUT2D eigenvalue weighted by Gasteiger charge is -2.12. The summed E-state index contributed by atoms with van der Waals surface area (Å²) in [5, 5.41) is 14.0. The van der Waals surface area contributed by atoms with Crippen LogP contribution in [-0.2, 0) is 0 Å². The van der Waals surface area contributed by atoms with Gasteiger partial charge in [-0.1, -0.05) is 91.0 Å². The zero-order chi connectivity index (χ0) is 20.8. The summed E-state index contributed by atoms with van der Waals surface area (Å²) in [7, 11) is 0. The minimum atomic E-state index is 0.665. The molecule has 0 bridgehead atoms. The molecule has 31 heavy (non-hydrogen) atoms. The standard InChI is InChI=1S/C25H16BrN5/c26-22-21-16-20(17-10-4-1-5-11-17)29-31(21)25-28-27-24(19-14-8-3-9-15-19)30(25)23(22)18-12-6-2-7-13-18/h1-16H. The van der Waals surface area contributed by atoms with Crippen molar-refractivity contribution in [3.05, 3.63) is 102 Å². The van der Waals surface area contributed by atoms with Gasteiger partial charge in [0.05, 0.1) is 21.4 Å². The zero-order valence-corrected chi connectivity index (χ0v) is 17.9. The Morgan fingerprint density at radius 3 is 1.87 bits per heavy atom. The van der Waals surface area contributed by atoms with E-state index in [2.05, 4.69) is 60.9 Å². The van der Waals surface area contributed by atoms with Crippen molar-refractivity contribution in [3.63, 3.8) is 0 Å². The highest BCUT2D eigenvalue weighted by Gasteiger charge is 2.22. The molecule has 5 nitrogen and oxygen atoms in total. The van der Waals surface area contributed by atoms with Gasteiger partial charge in [-0.3, -0.25) is 4.40 Å². The molecule has 0 aliphatic rings. The third-order valence-electron chi connectivity index (χ3n) is 5.35. The van der Waals surface area contributed by atoms with E-state index in [-0.39, 0.29) is 0 Å². The Bertz CT molecular complexity index is 1520. The van der Waals surface area contributed by atoms with Gasteiger partial charge in [-0.25, -0.2) is 0 Å². The SMILES string of the molecule is Brc1c(-c2ccccc2)n2c(-c3ccccc3)nnc2n2nc(-c3ccccc3)cc12. The highest BCUT2D eigenvalue weighted by molar-refractivity contribution is 9.10. The van der Waals surface area contributed by atoms with Crippen molar-refractivity contribution in [2.45, 2.75) is 0 Å². The summed E-state index contributed by atoms with van der Waals surface area (Å²) in [4.78, 5) is 0. The van der Waals surface area contributed by atoms with Crippen LogP contribution in [0.1, 0.15) is 0 Å². The molecule has 6 rings (SSSR count). The number of benzene rings is 3. The molecule has 0 saturated carbocycles. The molecular formula is C25H16BrN5. The smallest absolute Gasteiger partial charge is 0.257 e. The molecule has 0 atom stereocenters. The van der Waals surface area contributed by atoms with Crippen molar-refractivity contribution < 1.29 is 0 Å². The molecule has 0 saturated heterocycles. The summed E-state index contributed by atoms with van der Waals surface area (Å²) in [6.45, 7) is 0. The van der Waals surface area contributed by atoms with E-state index in [0.717, 1.165) is 43.9 Å². The van der Waals surface area contributed by atoms with Crippen LogP contribution < -0.4 is 0 Å². The lowest BCUT2D eigenvalue weighted by Crippen LogP contribution is -2.03. The van der Waals surface area contributed by atoms with Crippen LogP contribution in [0, 0.1) is 0 Å². The van der Waals surface area contributed by atoms with Crippen LogP contribution in [0.5, 0.6) is 0 Å². The van der Waals surface area contributed by atoms with Gasteiger partial charge in [0.15, 0.2) is 5.82 Å². The van der Waals surface area contributed by atoms with E-state index in [4.69, 9.17) is 5.10 Å². The largest absolute Gasteiger partial charge is 0.258 e. The van der Waals surface area contributed by atoms with Crippen molar-refractivity contribution in [1.82, 2.24) is 24.2 Å². The molecule has 0 unspecified atom stereocenters. The highest BCUT2D eigenvalue weighted by atomic mass is 79.9. The first-order valence-electron chi connectivity index (χ1n) is 9.94. The molecule has 0 radical (unpaired) electrons. The first-order chi connectivity index (χ1) is 15.3. The van der Waals surface area contributed by atoms with Crippen LogP contribution in [0.3, 0.4) is 0 Å². The first-order valence-corrected chi connectivity index (χ1v) is 10.7. The lowest BCUT2D eigenvalue weighted by molar-refractivity contribution is 0.931. The van der Waals surface area contributed by atoms with E-state index in [1.54, 1.807) is 0 Å². The van der Waals surface area contributed by atoms with Gasteiger partial charge < -0.3 is 0 Å². The molecule has 0 aliphatic heterocycles. The van der Waals surface area contributed by atoms with Crippen molar-refractivity contribution in [3.8, 4) is 33.9 Å². The maximum Gasteiger partial charge on any atom is 0.257 e. The van der Waals surface area contributed by atoms with E-state index >= 15 is 0 Å². The number of fused-ring (bicyclic) bond motifs is 3. The number of nitrogens with zero attached hydrogens (tertiary/aromatic N) is 5. The van der Waals surface area contributed by atoms with Gasteiger partial charge in [0.1, 0.15) is 0 Å². The van der Waals surface area contributed by atoms with E-state index in [1.807, 2.05) is 71.2 Å². The first kappa shape index (κ1) is 18.0. The second kappa shape index (κ2) is 7.18. The Kier molecular flexibility index (Phi) is 4.18. The Balaban J connectivity index is 1.74. The van der Waals surface area contributed by atoms with Gasteiger partial charge in [-0.2, -0.15) is 9.61 Å². The van der Waals surface area contributed by atoms with Gasteiger partial charge in [0, 0.05) is 11.1 Å². The molecule has 6 aromatic rings. The zero-order valence-electron chi connectivity index (χ0n) is 16.4. The molecule has 0 amide bonds. The summed E-state index contributed by atoms with van der Waals surface area (Å²) in [6, 6.07) is 32.6. The Morgan fingerprint density at radius 1 is 0.645 bits per heavy atom. The lowest BCUT2D eigenvalue weighted by atomic mass is 10.1. The number of hydrogen-bond donors (Lipinski definition) is 0. The van der Waals surface area contributed by atoms with Crippen LogP contribution in [0.2, 0.25) is 0 Å². The average molecular weight is 466 g/mol. The number of hydrogen-bond acceptors (Lipinski definition) is 3. The van der Waals surface area contributed by atoms with E-state index in [1.165, 1.54) is 0 Å². The fourth-order valence-electron chi connectivity index (χ4n) is 3.90. The fraction of sp³-hybridized carbons (Fsp3) is 0. The minimum absolute atomic E-state index is 0.665.